The molecule has 6 nitrogen and oxygen atoms in total. The fraction of sp³-hybridized carbons (Fsp3) is 0.750. The highest BCUT2D eigenvalue weighted by Crippen LogP contribution is 2.42. The fourth-order valence-electron chi connectivity index (χ4n) is 5.99. The highest BCUT2D eigenvalue weighted by molar-refractivity contribution is 6.30. The number of rotatable bonds is 13. The average Bonchev–Trinajstić information content (AvgIpc) is 2.89. The molecule has 1 aromatic carbocycles. The Bertz CT molecular complexity index is 823. The number of piperidine rings is 1. The van der Waals surface area contributed by atoms with Gasteiger partial charge in [-0.3, -0.25) is 4.79 Å². The molecule has 3 rings (SSSR count). The number of hydrogen-bond acceptors (Lipinski definition) is 5. The Morgan fingerprint density at radius 3 is 2.83 bits per heavy atom. The Hall–Kier alpha value is -1.25. The average molecular weight is 527 g/mol. The summed E-state index contributed by atoms with van der Waals surface area (Å²) >= 11 is 6.10. The number of halogens is 2. The van der Waals surface area contributed by atoms with Gasteiger partial charge in [-0.15, -0.1) is 0 Å². The van der Waals surface area contributed by atoms with Gasteiger partial charge in [-0.1, -0.05) is 23.7 Å². The first-order chi connectivity index (χ1) is 17.4. The van der Waals surface area contributed by atoms with Crippen molar-refractivity contribution in [2.24, 2.45) is 17.8 Å². The highest BCUT2D eigenvalue weighted by Gasteiger charge is 2.43. The second kappa shape index (κ2) is 14.6. The van der Waals surface area contributed by atoms with Crippen LogP contribution >= 0.6 is 11.6 Å². The maximum Gasteiger partial charge on any atom is 0.222 e. The topological polar surface area (TPSA) is 71.0 Å². The van der Waals surface area contributed by atoms with E-state index in [-0.39, 0.29) is 28.3 Å². The van der Waals surface area contributed by atoms with Crippen LogP contribution < -0.4 is 5.32 Å². The number of carbonyl (C=O) groups excluding carboxylic acids is 1. The number of amides is 1. The third-order valence-corrected chi connectivity index (χ3v) is 8.28. The van der Waals surface area contributed by atoms with Crippen LogP contribution in [-0.4, -0.2) is 69.5 Å². The fourth-order valence-corrected chi connectivity index (χ4v) is 6.16. The van der Waals surface area contributed by atoms with Crippen LogP contribution in [0.2, 0.25) is 5.02 Å². The van der Waals surface area contributed by atoms with Crippen LogP contribution in [-0.2, 0) is 19.9 Å². The second-order valence-corrected chi connectivity index (χ2v) is 11.0. The molecule has 36 heavy (non-hydrogen) atoms. The zero-order chi connectivity index (χ0) is 26.0. The van der Waals surface area contributed by atoms with Crippen molar-refractivity contribution in [1.82, 2.24) is 10.2 Å². The molecule has 2 aliphatic rings. The summed E-state index contributed by atoms with van der Waals surface area (Å²) in [7, 11) is 3.58. The number of aliphatic hydroxyl groups is 1. The zero-order valence-electron chi connectivity index (χ0n) is 21.9. The van der Waals surface area contributed by atoms with Crippen LogP contribution in [0.25, 0.3) is 0 Å². The van der Waals surface area contributed by atoms with Gasteiger partial charge in [-0.05, 0) is 82.9 Å². The molecule has 8 heteroatoms. The van der Waals surface area contributed by atoms with E-state index in [1.807, 2.05) is 11.9 Å². The van der Waals surface area contributed by atoms with E-state index in [2.05, 4.69) is 5.32 Å². The van der Waals surface area contributed by atoms with Gasteiger partial charge in [0.25, 0.3) is 0 Å². The predicted molar refractivity (Wildman–Crippen MR) is 141 cm³/mol. The van der Waals surface area contributed by atoms with Gasteiger partial charge in [0.15, 0.2) is 0 Å². The number of ether oxygens (including phenoxy) is 2. The minimum absolute atomic E-state index is 0.00887. The summed E-state index contributed by atoms with van der Waals surface area (Å²) in [5.41, 5.74) is -1.16. The molecule has 0 spiro atoms. The molecule has 1 amide bonds. The smallest absolute Gasteiger partial charge is 0.222 e. The van der Waals surface area contributed by atoms with E-state index in [1.54, 1.807) is 19.2 Å². The first kappa shape index (κ1) is 29.3. The van der Waals surface area contributed by atoms with Crippen molar-refractivity contribution < 1.29 is 23.8 Å². The van der Waals surface area contributed by atoms with Crippen molar-refractivity contribution >= 4 is 17.5 Å². The summed E-state index contributed by atoms with van der Waals surface area (Å²) in [4.78, 5) is 15.3. The minimum Gasteiger partial charge on any atom is -0.385 e. The summed E-state index contributed by atoms with van der Waals surface area (Å²) < 4.78 is 25.8. The molecule has 0 saturated carbocycles. The predicted octanol–water partition coefficient (Wildman–Crippen LogP) is 4.76. The van der Waals surface area contributed by atoms with Gasteiger partial charge in [-0.2, -0.15) is 0 Å². The van der Waals surface area contributed by atoms with Gasteiger partial charge in [0, 0.05) is 57.9 Å². The summed E-state index contributed by atoms with van der Waals surface area (Å²) in [5, 5.41) is 15.3. The standard InChI is InChI=1S/C28H44ClFN2O4/c1-31-19-22(17-21-10-15-36-16-11-21)18-26(33)32-13-6-7-23(20-32)28(34,12-3-4-14-35-2)24-8-5-9-25(29)27(24)30/h5,8-9,21-23,31,34H,3-4,6-7,10-20H2,1-2H3/t22-,23-,28+/m1/s1. The van der Waals surface area contributed by atoms with Crippen LogP contribution in [0.5, 0.6) is 0 Å². The molecule has 0 radical (unpaired) electrons. The highest BCUT2D eigenvalue weighted by atomic mass is 35.5. The van der Waals surface area contributed by atoms with Crippen LogP contribution in [0.1, 0.15) is 63.4 Å². The zero-order valence-corrected chi connectivity index (χ0v) is 22.7. The van der Waals surface area contributed by atoms with Crippen molar-refractivity contribution in [1.29, 1.82) is 0 Å². The Balaban J connectivity index is 1.72. The lowest BCUT2D eigenvalue weighted by molar-refractivity contribution is -0.138. The lowest BCUT2D eigenvalue weighted by atomic mass is 9.73. The molecule has 2 fully saturated rings. The maximum absolute atomic E-state index is 15.1. The number of nitrogens with one attached hydrogen (secondary N) is 1. The number of nitrogens with zero attached hydrogens (tertiary/aromatic N) is 1. The molecule has 3 atom stereocenters. The van der Waals surface area contributed by atoms with E-state index in [0.29, 0.717) is 44.9 Å². The minimum atomic E-state index is -1.39. The second-order valence-electron chi connectivity index (χ2n) is 10.6. The van der Waals surface area contributed by atoms with Crippen molar-refractivity contribution in [3.8, 4) is 0 Å². The van der Waals surface area contributed by atoms with E-state index < -0.39 is 11.4 Å². The van der Waals surface area contributed by atoms with Gasteiger partial charge in [-0.25, -0.2) is 4.39 Å². The van der Waals surface area contributed by atoms with E-state index in [0.717, 1.165) is 58.3 Å². The maximum atomic E-state index is 15.1. The SMILES string of the molecule is CNC[C@@H](CC(=O)N1CCC[C@@H]([C@@](O)(CCCCOC)c2cccc(Cl)c2F)C1)CC1CCOCC1. The van der Waals surface area contributed by atoms with Gasteiger partial charge in [0.2, 0.25) is 5.91 Å². The molecule has 1 aromatic rings. The van der Waals surface area contributed by atoms with E-state index in [9.17, 15) is 9.90 Å². The lowest BCUT2D eigenvalue weighted by Gasteiger charge is -2.43. The van der Waals surface area contributed by atoms with E-state index in [4.69, 9.17) is 21.1 Å². The summed E-state index contributed by atoms with van der Waals surface area (Å²) in [5.74, 6) is 0.165. The number of hydrogen-bond donors (Lipinski definition) is 2. The monoisotopic (exact) mass is 526 g/mol. The Labute approximate surface area is 220 Å². The first-order valence-electron chi connectivity index (χ1n) is 13.5. The number of carbonyl (C=O) groups is 1. The first-order valence-corrected chi connectivity index (χ1v) is 13.9. The Morgan fingerprint density at radius 1 is 1.33 bits per heavy atom. The quantitative estimate of drug-likeness (QED) is 0.362. The van der Waals surface area contributed by atoms with Crippen LogP contribution in [0, 0.1) is 23.6 Å². The van der Waals surface area contributed by atoms with Crippen LogP contribution in [0.4, 0.5) is 4.39 Å². The molecule has 0 aromatic heterocycles. The van der Waals surface area contributed by atoms with Gasteiger partial charge in [0.05, 0.1) is 10.6 Å². The number of methoxy groups -OCH3 is 1. The Morgan fingerprint density at radius 2 is 2.11 bits per heavy atom. The van der Waals surface area contributed by atoms with Crippen molar-refractivity contribution in [3.05, 3.63) is 34.6 Å². The number of likely N-dealkylation sites (tertiary alicyclic amines) is 1. The third kappa shape index (κ3) is 7.87. The van der Waals surface area contributed by atoms with Gasteiger partial charge < -0.3 is 24.8 Å². The Kier molecular flexibility index (Phi) is 11.9. The number of unbranched alkanes of at least 4 members (excludes halogenated alkanes) is 1. The van der Waals surface area contributed by atoms with Crippen LogP contribution in [0.3, 0.4) is 0 Å². The van der Waals surface area contributed by atoms with E-state index >= 15 is 4.39 Å². The molecule has 2 N–H and O–H groups in total. The molecular formula is C28H44ClFN2O4. The molecule has 2 saturated heterocycles. The summed E-state index contributed by atoms with van der Waals surface area (Å²) in [6, 6.07) is 4.82. The summed E-state index contributed by atoms with van der Waals surface area (Å²) in [6.07, 6.45) is 7.00. The van der Waals surface area contributed by atoms with Crippen molar-refractivity contribution in [2.75, 3.05) is 53.6 Å². The lowest BCUT2D eigenvalue weighted by Crippen LogP contribution is -2.49. The largest absolute Gasteiger partial charge is 0.385 e. The summed E-state index contributed by atoms with van der Waals surface area (Å²) in [6.45, 7) is 4.11. The molecule has 2 heterocycles. The number of benzene rings is 1. The van der Waals surface area contributed by atoms with Crippen molar-refractivity contribution in [2.45, 2.75) is 63.4 Å². The molecule has 0 aliphatic carbocycles. The normalized spacial score (nSPS) is 21.8. The van der Waals surface area contributed by atoms with Crippen LogP contribution in [0.15, 0.2) is 18.2 Å². The molecular weight excluding hydrogens is 483 g/mol. The van der Waals surface area contributed by atoms with Gasteiger partial charge >= 0.3 is 0 Å². The van der Waals surface area contributed by atoms with E-state index in [1.165, 1.54) is 6.07 Å². The third-order valence-electron chi connectivity index (χ3n) is 7.99. The van der Waals surface area contributed by atoms with Gasteiger partial charge in [0.1, 0.15) is 5.82 Å². The molecule has 2 aliphatic heterocycles. The molecule has 204 valence electrons. The molecule has 0 bridgehead atoms. The molecule has 0 unspecified atom stereocenters. The van der Waals surface area contributed by atoms with Crippen molar-refractivity contribution in [3.63, 3.8) is 0 Å².